The van der Waals surface area contributed by atoms with E-state index in [-0.39, 0.29) is 6.04 Å². The molecule has 0 aromatic heterocycles. The predicted octanol–water partition coefficient (Wildman–Crippen LogP) is 4.04. The van der Waals surface area contributed by atoms with E-state index < -0.39 is 0 Å². The number of benzene rings is 2. The Balaban J connectivity index is 2.53. The maximum Gasteiger partial charge on any atom is 0.126 e. The van der Waals surface area contributed by atoms with E-state index in [1.54, 1.807) is 7.11 Å². The molecule has 0 bridgehead atoms. The van der Waals surface area contributed by atoms with Crippen molar-refractivity contribution in [2.45, 2.75) is 13.0 Å². The molecule has 18 heavy (non-hydrogen) atoms. The van der Waals surface area contributed by atoms with Gasteiger partial charge in [-0.25, -0.2) is 0 Å². The first-order chi connectivity index (χ1) is 8.61. The first-order valence-electron chi connectivity index (χ1n) is 5.81. The highest BCUT2D eigenvalue weighted by Crippen LogP contribution is 2.32. The van der Waals surface area contributed by atoms with E-state index in [2.05, 4.69) is 6.07 Å². The van der Waals surface area contributed by atoms with Crippen molar-refractivity contribution in [3.05, 3.63) is 53.1 Å². The maximum absolute atomic E-state index is 5.91. The normalized spacial score (nSPS) is 12.2. The summed E-state index contributed by atoms with van der Waals surface area (Å²) in [5.41, 5.74) is 9.10. The third-order valence-electron chi connectivity index (χ3n) is 2.90. The Morgan fingerprint density at radius 3 is 2.33 bits per heavy atom. The zero-order chi connectivity index (χ0) is 13.1. The number of methoxy groups -OCH3 is 1. The summed E-state index contributed by atoms with van der Waals surface area (Å²) in [6.45, 7) is 1.97. The van der Waals surface area contributed by atoms with E-state index in [9.17, 15) is 0 Å². The molecule has 0 saturated carbocycles. The van der Waals surface area contributed by atoms with Crippen LogP contribution in [-0.2, 0) is 0 Å². The molecule has 1 atom stereocenters. The van der Waals surface area contributed by atoms with E-state index in [1.165, 1.54) is 0 Å². The molecule has 0 spiro atoms. The lowest BCUT2D eigenvalue weighted by Crippen LogP contribution is -2.05. The summed E-state index contributed by atoms with van der Waals surface area (Å²) >= 11 is 5.90. The summed E-state index contributed by atoms with van der Waals surface area (Å²) in [5.74, 6) is 0.835. The highest BCUT2D eigenvalue weighted by Gasteiger charge is 2.09. The molecule has 0 heterocycles. The van der Waals surface area contributed by atoms with Crippen molar-refractivity contribution in [1.82, 2.24) is 0 Å². The largest absolute Gasteiger partial charge is 0.496 e. The Hall–Kier alpha value is -1.51. The van der Waals surface area contributed by atoms with Crippen LogP contribution in [0.3, 0.4) is 0 Å². The lowest BCUT2D eigenvalue weighted by atomic mass is 9.99. The number of halogens is 1. The van der Waals surface area contributed by atoms with Crippen LogP contribution in [-0.4, -0.2) is 7.11 Å². The van der Waals surface area contributed by atoms with Crippen LogP contribution >= 0.6 is 11.6 Å². The Morgan fingerprint density at radius 2 is 1.78 bits per heavy atom. The van der Waals surface area contributed by atoms with Gasteiger partial charge in [0.1, 0.15) is 5.75 Å². The van der Waals surface area contributed by atoms with Crippen molar-refractivity contribution in [2.24, 2.45) is 5.73 Å². The van der Waals surface area contributed by atoms with Crippen molar-refractivity contribution in [3.63, 3.8) is 0 Å². The molecule has 0 radical (unpaired) electrons. The Labute approximate surface area is 112 Å². The Morgan fingerprint density at radius 1 is 1.11 bits per heavy atom. The molecule has 0 saturated heterocycles. The lowest BCUT2D eigenvalue weighted by Gasteiger charge is -2.13. The van der Waals surface area contributed by atoms with Gasteiger partial charge in [-0.3, -0.25) is 0 Å². The summed E-state index contributed by atoms with van der Waals surface area (Å²) < 4.78 is 5.39. The summed E-state index contributed by atoms with van der Waals surface area (Å²) in [7, 11) is 1.67. The fourth-order valence-corrected chi connectivity index (χ4v) is 1.99. The molecular weight excluding hydrogens is 246 g/mol. The maximum atomic E-state index is 5.91. The first kappa shape index (κ1) is 12.9. The topological polar surface area (TPSA) is 35.2 Å². The van der Waals surface area contributed by atoms with Crippen molar-refractivity contribution in [2.75, 3.05) is 7.11 Å². The molecule has 94 valence electrons. The Kier molecular flexibility index (Phi) is 3.90. The quantitative estimate of drug-likeness (QED) is 0.905. The SMILES string of the molecule is COc1ccc(C(C)N)cc1-c1ccc(Cl)cc1. The van der Waals surface area contributed by atoms with Gasteiger partial charge in [0, 0.05) is 16.6 Å². The van der Waals surface area contributed by atoms with E-state index in [4.69, 9.17) is 22.1 Å². The summed E-state index contributed by atoms with van der Waals surface area (Å²) in [6, 6.07) is 13.7. The lowest BCUT2D eigenvalue weighted by molar-refractivity contribution is 0.416. The van der Waals surface area contributed by atoms with E-state index in [1.807, 2.05) is 43.3 Å². The standard InChI is InChI=1S/C15H16ClNO/c1-10(17)12-5-8-15(18-2)14(9-12)11-3-6-13(16)7-4-11/h3-10H,17H2,1-2H3. The number of hydrogen-bond acceptors (Lipinski definition) is 2. The van der Waals surface area contributed by atoms with Gasteiger partial charge in [-0.1, -0.05) is 29.8 Å². The molecule has 2 aromatic rings. The summed E-state index contributed by atoms with van der Waals surface area (Å²) in [6.07, 6.45) is 0. The van der Waals surface area contributed by atoms with Crippen molar-refractivity contribution >= 4 is 11.6 Å². The smallest absolute Gasteiger partial charge is 0.126 e. The van der Waals surface area contributed by atoms with Crippen molar-refractivity contribution in [3.8, 4) is 16.9 Å². The van der Waals surface area contributed by atoms with E-state index in [0.29, 0.717) is 0 Å². The average molecular weight is 262 g/mol. The average Bonchev–Trinajstić information content (AvgIpc) is 2.39. The molecule has 3 heteroatoms. The van der Waals surface area contributed by atoms with Gasteiger partial charge in [-0.2, -0.15) is 0 Å². The molecule has 0 amide bonds. The van der Waals surface area contributed by atoms with Gasteiger partial charge >= 0.3 is 0 Å². The van der Waals surface area contributed by atoms with Crippen LogP contribution in [0.2, 0.25) is 5.02 Å². The van der Waals surface area contributed by atoms with Gasteiger partial charge in [0.05, 0.1) is 7.11 Å². The second kappa shape index (κ2) is 5.42. The highest BCUT2D eigenvalue weighted by molar-refractivity contribution is 6.30. The number of nitrogens with two attached hydrogens (primary N) is 1. The number of rotatable bonds is 3. The van der Waals surface area contributed by atoms with Gasteiger partial charge in [0.25, 0.3) is 0 Å². The van der Waals surface area contributed by atoms with E-state index in [0.717, 1.165) is 27.5 Å². The van der Waals surface area contributed by atoms with Crippen LogP contribution in [0.25, 0.3) is 11.1 Å². The summed E-state index contributed by atoms with van der Waals surface area (Å²) in [5, 5.41) is 0.723. The van der Waals surface area contributed by atoms with Crippen LogP contribution in [0.1, 0.15) is 18.5 Å². The second-order valence-corrected chi connectivity index (χ2v) is 4.69. The van der Waals surface area contributed by atoms with Crippen LogP contribution in [0.5, 0.6) is 5.75 Å². The Bertz CT molecular complexity index is 535. The molecule has 2 N–H and O–H groups in total. The molecule has 2 rings (SSSR count). The van der Waals surface area contributed by atoms with Gasteiger partial charge in [-0.15, -0.1) is 0 Å². The molecule has 2 nitrogen and oxygen atoms in total. The minimum absolute atomic E-state index is 0.00181. The van der Waals surface area contributed by atoms with Crippen molar-refractivity contribution in [1.29, 1.82) is 0 Å². The predicted molar refractivity (Wildman–Crippen MR) is 76.0 cm³/mol. The fourth-order valence-electron chi connectivity index (χ4n) is 1.86. The highest BCUT2D eigenvalue weighted by atomic mass is 35.5. The minimum Gasteiger partial charge on any atom is -0.496 e. The summed E-state index contributed by atoms with van der Waals surface area (Å²) in [4.78, 5) is 0. The minimum atomic E-state index is 0.00181. The van der Waals surface area contributed by atoms with Crippen LogP contribution < -0.4 is 10.5 Å². The fraction of sp³-hybridized carbons (Fsp3) is 0.200. The second-order valence-electron chi connectivity index (χ2n) is 4.26. The van der Waals surface area contributed by atoms with E-state index >= 15 is 0 Å². The zero-order valence-electron chi connectivity index (χ0n) is 10.5. The zero-order valence-corrected chi connectivity index (χ0v) is 11.2. The van der Waals surface area contributed by atoms with Crippen LogP contribution in [0.4, 0.5) is 0 Å². The molecule has 0 aliphatic carbocycles. The van der Waals surface area contributed by atoms with Crippen molar-refractivity contribution < 1.29 is 4.74 Å². The third-order valence-corrected chi connectivity index (χ3v) is 3.16. The third kappa shape index (κ3) is 2.66. The van der Waals surface area contributed by atoms with Crippen LogP contribution in [0, 0.1) is 0 Å². The molecule has 1 unspecified atom stereocenters. The number of hydrogen-bond donors (Lipinski definition) is 1. The molecular formula is C15H16ClNO. The van der Waals surface area contributed by atoms with Gasteiger partial charge in [-0.05, 0) is 42.3 Å². The molecule has 2 aromatic carbocycles. The van der Waals surface area contributed by atoms with Gasteiger partial charge < -0.3 is 10.5 Å². The van der Waals surface area contributed by atoms with Crippen LogP contribution in [0.15, 0.2) is 42.5 Å². The monoisotopic (exact) mass is 261 g/mol. The van der Waals surface area contributed by atoms with Gasteiger partial charge in [0.2, 0.25) is 0 Å². The molecule has 0 aliphatic rings. The molecule has 0 fully saturated rings. The number of ether oxygens (including phenoxy) is 1. The molecule has 0 aliphatic heterocycles. The van der Waals surface area contributed by atoms with Gasteiger partial charge in [0.15, 0.2) is 0 Å². The first-order valence-corrected chi connectivity index (χ1v) is 6.19.